The maximum absolute atomic E-state index is 12.7. The molecule has 3 aliphatic rings. The van der Waals surface area contributed by atoms with Gasteiger partial charge < -0.3 is 14.7 Å². The van der Waals surface area contributed by atoms with Crippen LogP contribution in [0.25, 0.3) is 0 Å². The van der Waals surface area contributed by atoms with Crippen molar-refractivity contribution in [2.24, 2.45) is 17.8 Å². The van der Waals surface area contributed by atoms with Crippen molar-refractivity contribution in [1.82, 2.24) is 14.8 Å². The summed E-state index contributed by atoms with van der Waals surface area (Å²) >= 11 is 0. The number of carbonyl (C=O) groups excluding carboxylic acids is 1. The molecule has 1 aromatic rings. The number of nitrogens with zero attached hydrogens (tertiary/aromatic N) is 4. The van der Waals surface area contributed by atoms with Crippen LogP contribution in [-0.4, -0.2) is 66.5 Å². The van der Waals surface area contributed by atoms with Crippen molar-refractivity contribution in [3.8, 4) is 0 Å². The van der Waals surface area contributed by atoms with E-state index >= 15 is 0 Å². The Labute approximate surface area is 182 Å². The highest BCUT2D eigenvalue weighted by atomic mass is 16.2. The minimum Gasteiger partial charge on any atom is -0.357 e. The predicted molar refractivity (Wildman–Crippen MR) is 123 cm³/mol. The van der Waals surface area contributed by atoms with Gasteiger partial charge in [-0.05, 0) is 87.9 Å². The van der Waals surface area contributed by atoms with E-state index in [9.17, 15) is 4.79 Å². The Morgan fingerprint density at radius 1 is 1.03 bits per heavy atom. The Kier molecular flexibility index (Phi) is 7.29. The molecule has 30 heavy (non-hydrogen) atoms. The lowest BCUT2D eigenvalue weighted by Crippen LogP contribution is -2.38. The average molecular weight is 413 g/mol. The lowest BCUT2D eigenvalue weighted by molar-refractivity contribution is 0.0697. The number of aromatic nitrogens is 1. The highest BCUT2D eigenvalue weighted by molar-refractivity contribution is 5.94. The molecule has 2 saturated heterocycles. The number of pyridine rings is 1. The third-order valence-corrected chi connectivity index (χ3v) is 7.52. The zero-order chi connectivity index (χ0) is 20.9. The number of hydrogen-bond donors (Lipinski definition) is 0. The first-order chi connectivity index (χ1) is 14.6. The van der Waals surface area contributed by atoms with Gasteiger partial charge in [-0.25, -0.2) is 4.98 Å². The van der Waals surface area contributed by atoms with Crippen LogP contribution in [-0.2, 0) is 0 Å². The summed E-state index contributed by atoms with van der Waals surface area (Å²) in [5.74, 6) is 3.75. The number of carbonyl (C=O) groups is 1. The lowest BCUT2D eigenvalue weighted by atomic mass is 9.93. The second-order valence-electron chi connectivity index (χ2n) is 9.94. The van der Waals surface area contributed by atoms with Crippen molar-refractivity contribution in [1.29, 1.82) is 0 Å². The monoisotopic (exact) mass is 412 g/mol. The summed E-state index contributed by atoms with van der Waals surface area (Å²) < 4.78 is 0. The quantitative estimate of drug-likeness (QED) is 0.638. The molecule has 1 aromatic heterocycles. The molecule has 4 rings (SSSR count). The van der Waals surface area contributed by atoms with Crippen LogP contribution in [0.1, 0.15) is 69.2 Å². The molecule has 0 spiro atoms. The minimum atomic E-state index is 0.145. The summed E-state index contributed by atoms with van der Waals surface area (Å²) in [7, 11) is 0. The largest absolute Gasteiger partial charge is 0.357 e. The highest BCUT2D eigenvalue weighted by Gasteiger charge is 2.26. The van der Waals surface area contributed by atoms with Crippen molar-refractivity contribution in [2.45, 2.75) is 58.8 Å². The van der Waals surface area contributed by atoms with E-state index < -0.39 is 0 Å². The third-order valence-electron chi connectivity index (χ3n) is 7.52. The topological polar surface area (TPSA) is 39.7 Å². The maximum Gasteiger partial charge on any atom is 0.255 e. The molecular weight excluding hydrogens is 372 g/mol. The first-order valence-corrected chi connectivity index (χ1v) is 12.3. The van der Waals surface area contributed by atoms with Crippen molar-refractivity contribution < 1.29 is 4.79 Å². The van der Waals surface area contributed by atoms with Crippen LogP contribution in [0.15, 0.2) is 18.3 Å². The number of amides is 1. The predicted octanol–water partition coefficient (Wildman–Crippen LogP) is 4.29. The molecule has 3 heterocycles. The summed E-state index contributed by atoms with van der Waals surface area (Å²) in [4.78, 5) is 24.4. The maximum atomic E-state index is 12.7. The first-order valence-electron chi connectivity index (χ1n) is 12.3. The Bertz CT molecular complexity index is 671. The molecular formula is C25H40N4O. The SMILES string of the molecule is CCN(CCC1CCN(c2ccc(C(=O)N3CCC(C)CC3)cn2)CC1)CC1CC1. The van der Waals surface area contributed by atoms with E-state index in [1.54, 1.807) is 6.20 Å². The lowest BCUT2D eigenvalue weighted by Gasteiger charge is -2.34. The Hall–Kier alpha value is -1.62. The average Bonchev–Trinajstić information content (AvgIpc) is 3.61. The molecule has 1 amide bonds. The molecule has 166 valence electrons. The molecule has 2 aliphatic heterocycles. The summed E-state index contributed by atoms with van der Waals surface area (Å²) in [6.45, 7) is 12.3. The summed E-state index contributed by atoms with van der Waals surface area (Å²) in [6.07, 6.45) is 10.8. The molecule has 0 aromatic carbocycles. The second-order valence-corrected chi connectivity index (χ2v) is 9.94. The number of anilines is 1. The zero-order valence-electron chi connectivity index (χ0n) is 19.1. The molecule has 1 saturated carbocycles. The van der Waals surface area contributed by atoms with Crippen molar-refractivity contribution in [2.75, 3.05) is 50.7 Å². The van der Waals surface area contributed by atoms with Crippen LogP contribution in [0.5, 0.6) is 0 Å². The van der Waals surface area contributed by atoms with Gasteiger partial charge in [0, 0.05) is 38.9 Å². The van der Waals surface area contributed by atoms with E-state index in [-0.39, 0.29) is 5.91 Å². The van der Waals surface area contributed by atoms with Gasteiger partial charge in [-0.3, -0.25) is 4.79 Å². The first kappa shape index (κ1) is 21.6. The Morgan fingerprint density at radius 2 is 1.77 bits per heavy atom. The summed E-state index contributed by atoms with van der Waals surface area (Å²) in [6, 6.07) is 4.03. The van der Waals surface area contributed by atoms with Crippen LogP contribution < -0.4 is 4.90 Å². The van der Waals surface area contributed by atoms with E-state index in [0.717, 1.165) is 68.2 Å². The standard InChI is InChI=1S/C25H40N4O/c1-3-27(19-22-4-5-22)13-10-21-11-16-28(17-12-21)24-7-6-23(18-26-24)25(30)29-14-8-20(2)9-15-29/h6-7,18,20-22H,3-5,8-17,19H2,1-2H3. The van der Waals surface area contributed by atoms with Crippen LogP contribution in [0, 0.1) is 17.8 Å². The fraction of sp³-hybridized carbons (Fsp3) is 0.760. The number of hydrogen-bond acceptors (Lipinski definition) is 4. The van der Waals surface area contributed by atoms with Gasteiger partial charge in [-0.1, -0.05) is 13.8 Å². The van der Waals surface area contributed by atoms with Crippen molar-refractivity contribution in [3.05, 3.63) is 23.9 Å². The molecule has 0 N–H and O–H groups in total. The van der Waals surface area contributed by atoms with E-state index in [2.05, 4.69) is 34.7 Å². The Morgan fingerprint density at radius 3 is 2.37 bits per heavy atom. The molecule has 1 aliphatic carbocycles. The van der Waals surface area contributed by atoms with E-state index in [1.807, 2.05) is 11.0 Å². The third kappa shape index (κ3) is 5.75. The smallest absolute Gasteiger partial charge is 0.255 e. The van der Waals surface area contributed by atoms with Crippen molar-refractivity contribution in [3.63, 3.8) is 0 Å². The number of rotatable bonds is 8. The molecule has 0 bridgehead atoms. The Balaban J connectivity index is 1.22. The van der Waals surface area contributed by atoms with Gasteiger partial charge in [0.25, 0.3) is 5.91 Å². The van der Waals surface area contributed by atoms with E-state index in [0.29, 0.717) is 0 Å². The van der Waals surface area contributed by atoms with Gasteiger partial charge in [-0.15, -0.1) is 0 Å². The van der Waals surface area contributed by atoms with Crippen molar-refractivity contribution >= 4 is 11.7 Å². The van der Waals surface area contributed by atoms with Crippen LogP contribution in [0.2, 0.25) is 0 Å². The van der Waals surface area contributed by atoms with Gasteiger partial charge in [0.2, 0.25) is 0 Å². The van der Waals surface area contributed by atoms with Gasteiger partial charge in [0.1, 0.15) is 5.82 Å². The zero-order valence-corrected chi connectivity index (χ0v) is 19.1. The fourth-order valence-electron chi connectivity index (χ4n) is 4.95. The molecule has 5 nitrogen and oxygen atoms in total. The van der Waals surface area contributed by atoms with Crippen LogP contribution in [0.4, 0.5) is 5.82 Å². The van der Waals surface area contributed by atoms with E-state index in [1.165, 1.54) is 51.7 Å². The van der Waals surface area contributed by atoms with E-state index in [4.69, 9.17) is 0 Å². The minimum absolute atomic E-state index is 0.145. The van der Waals surface area contributed by atoms with Crippen LogP contribution in [0.3, 0.4) is 0 Å². The molecule has 0 radical (unpaired) electrons. The van der Waals surface area contributed by atoms with Gasteiger partial charge in [-0.2, -0.15) is 0 Å². The van der Waals surface area contributed by atoms with Gasteiger partial charge in [0.05, 0.1) is 5.56 Å². The van der Waals surface area contributed by atoms with Gasteiger partial charge >= 0.3 is 0 Å². The second kappa shape index (κ2) is 10.1. The van der Waals surface area contributed by atoms with Gasteiger partial charge in [0.15, 0.2) is 0 Å². The number of piperidine rings is 2. The van der Waals surface area contributed by atoms with Crippen LogP contribution >= 0.6 is 0 Å². The summed E-state index contributed by atoms with van der Waals surface area (Å²) in [5, 5.41) is 0. The normalized spacial score (nSPS) is 21.4. The molecule has 0 atom stereocenters. The summed E-state index contributed by atoms with van der Waals surface area (Å²) in [5.41, 5.74) is 0.735. The molecule has 5 heteroatoms. The number of likely N-dealkylation sites (tertiary alicyclic amines) is 1. The molecule has 3 fully saturated rings. The highest BCUT2D eigenvalue weighted by Crippen LogP contribution is 2.30. The fourth-order valence-corrected chi connectivity index (χ4v) is 4.95. The molecule has 0 unspecified atom stereocenters.